The predicted octanol–water partition coefficient (Wildman–Crippen LogP) is 3.86. The first-order chi connectivity index (χ1) is 16.5. The molecular formula is C23H24F3N3O6. The van der Waals surface area contributed by atoms with Crippen LogP contribution in [0.25, 0.3) is 22.6 Å². The number of hydroxylamine groups is 1. The molecule has 0 spiro atoms. The number of oxazole rings is 1. The quantitative estimate of drug-likeness (QED) is 0.368. The van der Waals surface area contributed by atoms with Gasteiger partial charge in [0.15, 0.2) is 5.58 Å². The minimum Gasteiger partial charge on any atom is -0.475 e. The van der Waals surface area contributed by atoms with Crippen LogP contribution < -0.4 is 5.48 Å². The number of amides is 1. The summed E-state index contributed by atoms with van der Waals surface area (Å²) in [6.07, 6.45) is -4.58. The summed E-state index contributed by atoms with van der Waals surface area (Å²) in [7, 11) is 0. The Morgan fingerprint density at radius 2 is 1.71 bits per heavy atom. The number of nitrogens with one attached hydrogen (secondary N) is 1. The van der Waals surface area contributed by atoms with E-state index in [0.29, 0.717) is 22.6 Å². The van der Waals surface area contributed by atoms with Crippen LogP contribution in [0.5, 0.6) is 0 Å². The molecule has 0 aliphatic carbocycles. The predicted molar refractivity (Wildman–Crippen MR) is 118 cm³/mol. The first-order valence-electron chi connectivity index (χ1n) is 10.6. The lowest BCUT2D eigenvalue weighted by Crippen LogP contribution is -2.44. The third-order valence-electron chi connectivity index (χ3n) is 5.10. The number of fused-ring (bicyclic) bond motifs is 1. The number of carboxylic acids is 1. The lowest BCUT2D eigenvalue weighted by atomic mass is 10.1. The van der Waals surface area contributed by atoms with Crippen LogP contribution in [0.3, 0.4) is 0 Å². The highest BCUT2D eigenvalue weighted by molar-refractivity contribution is 5.96. The molecule has 3 aromatic rings. The average molecular weight is 495 g/mol. The molecule has 0 radical (unpaired) electrons. The molecular weight excluding hydrogens is 471 g/mol. The van der Waals surface area contributed by atoms with Crippen LogP contribution in [0.2, 0.25) is 0 Å². The van der Waals surface area contributed by atoms with E-state index in [1.807, 2.05) is 12.1 Å². The van der Waals surface area contributed by atoms with Gasteiger partial charge in [-0.2, -0.15) is 13.2 Å². The van der Waals surface area contributed by atoms with Gasteiger partial charge in [-0.25, -0.2) is 15.3 Å². The highest BCUT2D eigenvalue weighted by Crippen LogP contribution is 2.26. The molecule has 188 valence electrons. The summed E-state index contributed by atoms with van der Waals surface area (Å²) in [6.45, 7) is 6.96. The first-order valence-corrected chi connectivity index (χ1v) is 10.6. The average Bonchev–Trinajstić information content (AvgIpc) is 3.21. The van der Waals surface area contributed by atoms with Gasteiger partial charge in [0.05, 0.1) is 12.2 Å². The molecule has 9 nitrogen and oxygen atoms in total. The number of aromatic nitrogens is 1. The molecule has 1 aliphatic rings. The van der Waals surface area contributed by atoms with Gasteiger partial charge in [0.2, 0.25) is 5.89 Å². The Bertz CT molecular complexity index is 1170. The molecule has 2 heterocycles. The number of aliphatic carboxylic acids is 1. The van der Waals surface area contributed by atoms with E-state index in [4.69, 9.17) is 24.3 Å². The number of rotatable bonds is 4. The second-order valence-corrected chi connectivity index (χ2v) is 8.09. The van der Waals surface area contributed by atoms with E-state index in [-0.39, 0.29) is 12.2 Å². The van der Waals surface area contributed by atoms with Crippen molar-refractivity contribution in [3.05, 3.63) is 53.6 Å². The zero-order valence-corrected chi connectivity index (χ0v) is 18.9. The number of benzene rings is 2. The number of alkyl halides is 3. The van der Waals surface area contributed by atoms with Crippen molar-refractivity contribution >= 4 is 23.0 Å². The number of carbonyl (C=O) groups is 2. The van der Waals surface area contributed by atoms with Crippen molar-refractivity contribution in [3.63, 3.8) is 0 Å². The van der Waals surface area contributed by atoms with Crippen molar-refractivity contribution in [3.8, 4) is 11.5 Å². The van der Waals surface area contributed by atoms with E-state index in [2.05, 4.69) is 35.9 Å². The Morgan fingerprint density at radius 1 is 1.11 bits per heavy atom. The van der Waals surface area contributed by atoms with Crippen molar-refractivity contribution in [2.24, 2.45) is 0 Å². The van der Waals surface area contributed by atoms with E-state index in [9.17, 15) is 18.0 Å². The van der Waals surface area contributed by atoms with Crippen LogP contribution in [0, 0.1) is 0 Å². The third-order valence-corrected chi connectivity index (χ3v) is 5.10. The van der Waals surface area contributed by atoms with Gasteiger partial charge < -0.3 is 14.3 Å². The molecule has 0 unspecified atom stereocenters. The maximum atomic E-state index is 11.5. The maximum absolute atomic E-state index is 11.5. The van der Waals surface area contributed by atoms with E-state index < -0.39 is 18.1 Å². The molecule has 4 rings (SSSR count). The Balaban J connectivity index is 0.000000429. The summed E-state index contributed by atoms with van der Waals surface area (Å²) in [5.41, 5.74) is 5.19. The highest BCUT2D eigenvalue weighted by Gasteiger charge is 2.38. The van der Waals surface area contributed by atoms with Crippen LogP contribution in [0.4, 0.5) is 13.2 Å². The fourth-order valence-electron chi connectivity index (χ4n) is 3.68. The molecule has 1 fully saturated rings. The summed E-state index contributed by atoms with van der Waals surface area (Å²) < 4.78 is 43.3. The molecule has 2 atom stereocenters. The molecule has 1 saturated heterocycles. The lowest BCUT2D eigenvalue weighted by Gasteiger charge is -2.35. The lowest BCUT2D eigenvalue weighted by molar-refractivity contribution is -0.192. The van der Waals surface area contributed by atoms with Crippen LogP contribution in [-0.2, 0) is 16.1 Å². The largest absolute Gasteiger partial charge is 0.490 e. The Labute approximate surface area is 198 Å². The maximum Gasteiger partial charge on any atom is 0.490 e. The third kappa shape index (κ3) is 7.01. The number of carboxylic acid groups (broad SMARTS) is 1. The summed E-state index contributed by atoms with van der Waals surface area (Å²) in [5, 5.41) is 15.9. The SMILES string of the molecule is C[C@@H]1CN(Cc2ccc(-c3nc4cc(C(=O)NO)ccc4o3)cc2)C[C@H](C)O1.O=C(O)C(F)(F)F. The van der Waals surface area contributed by atoms with Crippen molar-refractivity contribution in [2.75, 3.05) is 13.1 Å². The van der Waals surface area contributed by atoms with Gasteiger partial charge in [-0.15, -0.1) is 0 Å². The minimum atomic E-state index is -5.08. The number of hydrogen-bond donors (Lipinski definition) is 3. The van der Waals surface area contributed by atoms with Gasteiger partial charge in [0, 0.05) is 30.8 Å². The van der Waals surface area contributed by atoms with E-state index in [0.717, 1.165) is 25.2 Å². The smallest absolute Gasteiger partial charge is 0.475 e. The summed E-state index contributed by atoms with van der Waals surface area (Å²) in [6, 6.07) is 13.0. The molecule has 1 aromatic heterocycles. The van der Waals surface area contributed by atoms with Crippen LogP contribution in [0.15, 0.2) is 46.9 Å². The minimum absolute atomic E-state index is 0.251. The number of carbonyl (C=O) groups excluding carboxylic acids is 1. The van der Waals surface area contributed by atoms with Crippen LogP contribution in [0.1, 0.15) is 29.8 Å². The molecule has 2 aromatic carbocycles. The molecule has 12 heteroatoms. The van der Waals surface area contributed by atoms with Crippen LogP contribution in [-0.4, -0.2) is 63.5 Å². The van der Waals surface area contributed by atoms with Gasteiger partial charge >= 0.3 is 12.1 Å². The monoisotopic (exact) mass is 495 g/mol. The van der Waals surface area contributed by atoms with Gasteiger partial charge in [-0.1, -0.05) is 12.1 Å². The Kier molecular flexibility index (Phi) is 8.10. The Hall–Kier alpha value is -3.48. The standard InChI is InChI=1S/C21H23N3O4.C2HF3O2/c1-13-10-24(11-14(2)27-13)12-15-3-5-16(6-4-15)21-22-18-9-17(20(25)23-26)7-8-19(18)28-21;3-2(4,5)1(6)7/h3-9,13-14,26H,10-12H2,1-2H3,(H,23,25);(H,6,7)/t13-,14+;. The zero-order valence-electron chi connectivity index (χ0n) is 18.9. The number of ether oxygens (including phenoxy) is 1. The summed E-state index contributed by atoms with van der Waals surface area (Å²) in [5.74, 6) is -2.84. The van der Waals surface area contributed by atoms with Gasteiger partial charge in [0.1, 0.15) is 5.52 Å². The van der Waals surface area contributed by atoms with E-state index in [1.54, 1.807) is 23.7 Å². The van der Waals surface area contributed by atoms with Crippen molar-refractivity contribution in [2.45, 2.75) is 38.8 Å². The number of hydrogen-bond acceptors (Lipinski definition) is 7. The first kappa shape index (κ1) is 26.1. The van der Waals surface area contributed by atoms with Crippen LogP contribution >= 0.6 is 0 Å². The van der Waals surface area contributed by atoms with Crippen molar-refractivity contribution in [1.29, 1.82) is 0 Å². The molecule has 1 aliphatic heterocycles. The normalized spacial score (nSPS) is 18.6. The van der Waals surface area contributed by atoms with Crippen molar-refractivity contribution in [1.82, 2.24) is 15.4 Å². The number of halogens is 3. The molecule has 0 bridgehead atoms. The van der Waals surface area contributed by atoms with E-state index >= 15 is 0 Å². The Morgan fingerprint density at radius 3 is 2.26 bits per heavy atom. The van der Waals surface area contributed by atoms with Gasteiger partial charge in [-0.05, 0) is 49.7 Å². The fourth-order valence-corrected chi connectivity index (χ4v) is 3.68. The fraction of sp³-hybridized carbons (Fsp3) is 0.348. The van der Waals surface area contributed by atoms with Gasteiger partial charge in [0.25, 0.3) is 5.91 Å². The topological polar surface area (TPSA) is 125 Å². The van der Waals surface area contributed by atoms with Gasteiger partial charge in [-0.3, -0.25) is 14.9 Å². The highest BCUT2D eigenvalue weighted by atomic mass is 19.4. The zero-order chi connectivity index (χ0) is 25.8. The van der Waals surface area contributed by atoms with E-state index in [1.165, 1.54) is 5.56 Å². The number of morpholine rings is 1. The number of nitrogens with zero attached hydrogens (tertiary/aromatic N) is 2. The molecule has 3 N–H and O–H groups in total. The molecule has 0 saturated carbocycles. The summed E-state index contributed by atoms with van der Waals surface area (Å²) in [4.78, 5) is 27.3. The second kappa shape index (κ2) is 10.8. The molecule has 35 heavy (non-hydrogen) atoms. The summed E-state index contributed by atoms with van der Waals surface area (Å²) >= 11 is 0. The molecule has 1 amide bonds. The van der Waals surface area contributed by atoms with Crippen molar-refractivity contribution < 1.29 is 42.2 Å². The second-order valence-electron chi connectivity index (χ2n) is 8.09.